The molecule has 0 saturated heterocycles. The van der Waals surface area contributed by atoms with Crippen LogP contribution in [-0.2, 0) is 0 Å². The molecule has 1 aromatic heterocycles. The van der Waals surface area contributed by atoms with Gasteiger partial charge in [-0.3, -0.25) is 19.4 Å². The number of Topliss-reactive ketones (excluding diaryl/α,β-unsaturated/α-hetero) is 2. The first-order valence-electron chi connectivity index (χ1n) is 16.6. The number of hydrogen-bond donors (Lipinski definition) is 0. The highest BCUT2D eigenvalue weighted by molar-refractivity contribution is 6.40. The summed E-state index contributed by atoms with van der Waals surface area (Å²) in [6.45, 7) is 8.37. The van der Waals surface area contributed by atoms with Crippen molar-refractivity contribution < 1.29 is 18.4 Å². The Hall–Kier alpha value is -6.02. The molecule has 246 valence electrons. The second-order valence-electron chi connectivity index (χ2n) is 13.2. The maximum absolute atomic E-state index is 14.6. The summed E-state index contributed by atoms with van der Waals surface area (Å²) >= 11 is 0. The van der Waals surface area contributed by atoms with Gasteiger partial charge >= 0.3 is 0 Å². The molecule has 1 aliphatic carbocycles. The minimum Gasteiger partial charge on any atom is -0.288 e. The van der Waals surface area contributed by atoms with E-state index in [4.69, 9.17) is 9.97 Å². The maximum Gasteiger partial charge on any atom is 0.197 e. The lowest BCUT2D eigenvalue weighted by Gasteiger charge is -2.28. The van der Waals surface area contributed by atoms with E-state index < -0.39 is 11.6 Å². The first kappa shape index (κ1) is 31.3. The van der Waals surface area contributed by atoms with Crippen molar-refractivity contribution >= 4 is 56.4 Å². The van der Waals surface area contributed by atoms with Crippen molar-refractivity contribution in [2.24, 2.45) is 0 Å². The van der Waals surface area contributed by atoms with E-state index >= 15 is 0 Å². The number of carbonyl (C=O) groups is 2. The lowest BCUT2D eigenvalue weighted by atomic mass is 10.00. The largest absolute Gasteiger partial charge is 0.288 e. The molecule has 0 saturated carbocycles. The molecule has 8 heteroatoms. The second-order valence-corrected chi connectivity index (χ2v) is 13.2. The van der Waals surface area contributed by atoms with Gasteiger partial charge in [0.1, 0.15) is 5.82 Å². The zero-order chi connectivity index (χ0) is 34.8. The number of nitrogens with zero attached hydrogens (tertiary/aromatic N) is 4. The minimum atomic E-state index is -1.02. The van der Waals surface area contributed by atoms with E-state index in [0.717, 1.165) is 45.4 Å². The van der Waals surface area contributed by atoms with Gasteiger partial charge < -0.3 is 0 Å². The van der Waals surface area contributed by atoms with Gasteiger partial charge in [0.25, 0.3) is 0 Å². The number of halogens is 2. The molecule has 50 heavy (non-hydrogen) atoms. The average Bonchev–Trinajstić information content (AvgIpc) is 3.54. The van der Waals surface area contributed by atoms with Crippen LogP contribution in [-0.4, -0.2) is 21.5 Å². The number of hydrogen-bond acceptors (Lipinski definition) is 6. The molecule has 0 amide bonds. The van der Waals surface area contributed by atoms with Crippen LogP contribution in [0.2, 0.25) is 0 Å². The van der Waals surface area contributed by atoms with Crippen LogP contribution in [0.4, 0.5) is 31.8 Å². The molecule has 0 N–H and O–H groups in total. The van der Waals surface area contributed by atoms with E-state index in [0.29, 0.717) is 28.6 Å². The highest BCUT2D eigenvalue weighted by Crippen LogP contribution is 2.51. The average molecular weight is 663 g/mol. The summed E-state index contributed by atoms with van der Waals surface area (Å²) in [6.07, 6.45) is 3.33. The van der Waals surface area contributed by atoms with Crippen molar-refractivity contribution in [3.05, 3.63) is 154 Å². The van der Waals surface area contributed by atoms with E-state index in [-0.39, 0.29) is 40.0 Å². The summed E-state index contributed by atoms with van der Waals surface area (Å²) in [7, 11) is 0. The lowest BCUT2D eigenvalue weighted by Crippen LogP contribution is -2.24. The molecule has 6 nitrogen and oxygen atoms in total. The van der Waals surface area contributed by atoms with Crippen molar-refractivity contribution in [1.29, 1.82) is 0 Å². The Labute approximate surface area is 288 Å². The van der Waals surface area contributed by atoms with E-state index in [1.165, 1.54) is 0 Å². The minimum absolute atomic E-state index is 0.0446. The van der Waals surface area contributed by atoms with Crippen LogP contribution in [0.25, 0.3) is 21.8 Å². The van der Waals surface area contributed by atoms with Crippen molar-refractivity contribution in [3.63, 3.8) is 0 Å². The standard InChI is InChI=1S/C42H32F2N4O2/c1-23(2)27-13-7-9-15-36(27)47-38(18-17-29-39(49)30-19-25-11-5-6-12-26(25)20-31(30)40(29)50)48(37-16-10-8-14-28(37)24(3)4)42-41(47)45-34-21-32(43)33(44)22-35(34)46-42/h5-24H,1-4H3. The summed E-state index contributed by atoms with van der Waals surface area (Å²) in [5.74, 6) is -1.18. The predicted octanol–water partition coefficient (Wildman–Crippen LogP) is 10.4. The number of aromatic nitrogens is 2. The third-order valence-corrected chi connectivity index (χ3v) is 9.41. The van der Waals surface area contributed by atoms with Gasteiger partial charge in [0.2, 0.25) is 0 Å². The van der Waals surface area contributed by atoms with Crippen LogP contribution in [0, 0.1) is 11.6 Å². The fourth-order valence-electron chi connectivity index (χ4n) is 6.95. The molecule has 0 spiro atoms. The normalized spacial score (nSPS) is 14.1. The first-order valence-corrected chi connectivity index (χ1v) is 16.6. The monoisotopic (exact) mass is 662 g/mol. The van der Waals surface area contributed by atoms with Gasteiger partial charge in [-0.15, -0.1) is 0 Å². The predicted molar refractivity (Wildman–Crippen MR) is 194 cm³/mol. The lowest BCUT2D eigenvalue weighted by molar-refractivity contribution is 0.0988. The molecular formula is C42H32F2N4O2. The Balaban J connectivity index is 1.41. The topological polar surface area (TPSA) is 66.4 Å². The summed E-state index contributed by atoms with van der Waals surface area (Å²) < 4.78 is 29.1. The zero-order valence-electron chi connectivity index (χ0n) is 27.9. The van der Waals surface area contributed by atoms with Crippen LogP contribution >= 0.6 is 0 Å². The molecule has 8 rings (SSSR count). The fourth-order valence-corrected chi connectivity index (χ4v) is 6.95. The third kappa shape index (κ3) is 4.90. The van der Waals surface area contributed by atoms with Crippen LogP contribution in [0.3, 0.4) is 0 Å². The molecule has 0 fully saturated rings. The van der Waals surface area contributed by atoms with Gasteiger partial charge in [-0.1, -0.05) is 88.4 Å². The quantitative estimate of drug-likeness (QED) is 0.135. The first-order chi connectivity index (χ1) is 24.1. The fraction of sp³-hybridized carbons (Fsp3) is 0.143. The van der Waals surface area contributed by atoms with E-state index in [1.54, 1.807) is 24.3 Å². The molecule has 1 aliphatic heterocycles. The number of fused-ring (bicyclic) bond motifs is 4. The highest BCUT2D eigenvalue weighted by atomic mass is 19.2. The maximum atomic E-state index is 14.6. The van der Waals surface area contributed by atoms with E-state index in [1.807, 2.05) is 82.6 Å². The number of carbonyl (C=O) groups excluding carboxylic acids is 2. The number of ketones is 2. The van der Waals surface area contributed by atoms with Crippen LogP contribution in [0.1, 0.15) is 71.4 Å². The van der Waals surface area contributed by atoms with Gasteiger partial charge in [-0.05, 0) is 70.2 Å². The number of benzene rings is 5. The summed E-state index contributed by atoms with van der Waals surface area (Å²) in [6, 6.07) is 29.1. The molecule has 2 heterocycles. The molecule has 0 atom stereocenters. The number of anilines is 4. The van der Waals surface area contributed by atoms with Crippen LogP contribution in [0.15, 0.2) is 121 Å². The van der Waals surface area contributed by atoms with E-state index in [9.17, 15) is 18.4 Å². The summed E-state index contributed by atoms with van der Waals surface area (Å²) in [5, 5.41) is 1.76. The smallest absolute Gasteiger partial charge is 0.197 e. The van der Waals surface area contributed by atoms with Crippen LogP contribution < -0.4 is 9.80 Å². The van der Waals surface area contributed by atoms with Crippen molar-refractivity contribution in [1.82, 2.24) is 9.97 Å². The SMILES string of the molecule is CC(C)c1ccccc1N1C(=CC=C2C(=O)c3cc4ccccc4cc3C2=O)N(c2ccccc2C(C)C)c2nc3cc(F)c(F)cc3nc21. The Kier molecular flexibility index (Phi) is 7.40. The summed E-state index contributed by atoms with van der Waals surface area (Å²) in [4.78, 5) is 41.4. The number of rotatable bonds is 5. The molecule has 0 unspecified atom stereocenters. The van der Waals surface area contributed by atoms with Gasteiger partial charge in [-0.2, -0.15) is 0 Å². The molecule has 6 aromatic rings. The molecule has 0 radical (unpaired) electrons. The highest BCUT2D eigenvalue weighted by Gasteiger charge is 2.40. The molecule has 2 aliphatic rings. The van der Waals surface area contributed by atoms with Crippen LogP contribution in [0.5, 0.6) is 0 Å². The van der Waals surface area contributed by atoms with Gasteiger partial charge in [0.05, 0.1) is 28.0 Å². The van der Waals surface area contributed by atoms with Gasteiger partial charge in [-0.25, -0.2) is 18.7 Å². The molecule has 0 bridgehead atoms. The summed E-state index contributed by atoms with van der Waals surface area (Å²) in [5.41, 5.74) is 4.78. The van der Waals surface area contributed by atoms with Crippen molar-refractivity contribution in [3.8, 4) is 0 Å². The Morgan fingerprint density at radius 2 is 1.00 bits per heavy atom. The van der Waals surface area contributed by atoms with Crippen molar-refractivity contribution in [2.75, 3.05) is 9.80 Å². The van der Waals surface area contributed by atoms with Gasteiger partial charge in [0.15, 0.2) is 34.8 Å². The van der Waals surface area contributed by atoms with Crippen molar-refractivity contribution in [2.45, 2.75) is 39.5 Å². The Bertz CT molecular complexity index is 2320. The number of para-hydroxylation sites is 2. The van der Waals surface area contributed by atoms with Gasteiger partial charge in [0, 0.05) is 23.3 Å². The van der Waals surface area contributed by atoms with E-state index in [2.05, 4.69) is 27.7 Å². The second kappa shape index (κ2) is 11.8. The Morgan fingerprint density at radius 1 is 0.580 bits per heavy atom. The Morgan fingerprint density at radius 3 is 1.44 bits per heavy atom. The third-order valence-electron chi connectivity index (χ3n) is 9.41. The molecule has 5 aromatic carbocycles. The zero-order valence-corrected chi connectivity index (χ0v) is 27.9. The molecular weight excluding hydrogens is 630 g/mol. The number of allylic oxidation sites excluding steroid dienone is 3.